The van der Waals surface area contributed by atoms with Crippen LogP contribution in [-0.2, 0) is 0 Å². The summed E-state index contributed by atoms with van der Waals surface area (Å²) in [6.07, 6.45) is 0. The number of benzene rings is 1. The molecule has 0 saturated carbocycles. The summed E-state index contributed by atoms with van der Waals surface area (Å²) in [5, 5.41) is 2.71. The number of nitrogens with one attached hydrogen (secondary N) is 1. The second-order valence-electron chi connectivity index (χ2n) is 5.52. The van der Waals surface area contributed by atoms with Gasteiger partial charge in [-0.15, -0.1) is 0 Å². The van der Waals surface area contributed by atoms with Crippen LogP contribution in [0.15, 0.2) is 18.2 Å². The van der Waals surface area contributed by atoms with E-state index < -0.39 is 17.5 Å². The van der Waals surface area contributed by atoms with Gasteiger partial charge in [0, 0.05) is 44.8 Å². The molecule has 1 aliphatic rings. The minimum absolute atomic E-state index is 0.123. The van der Waals surface area contributed by atoms with E-state index in [0.717, 1.165) is 38.3 Å². The lowest BCUT2D eigenvalue weighted by molar-refractivity contribution is 0.0900. The van der Waals surface area contributed by atoms with E-state index in [-0.39, 0.29) is 11.6 Å². The van der Waals surface area contributed by atoms with Crippen LogP contribution >= 0.6 is 0 Å². The number of rotatable bonds is 4. The SMILES string of the molecule is CC(CNC(=O)c1ccc(F)cc1F)N1CCN(C)CC1. The van der Waals surface area contributed by atoms with Crippen molar-refractivity contribution in [3.8, 4) is 0 Å². The monoisotopic (exact) mass is 297 g/mol. The molecule has 0 aliphatic carbocycles. The van der Waals surface area contributed by atoms with Crippen LogP contribution in [0.5, 0.6) is 0 Å². The molecule has 1 unspecified atom stereocenters. The van der Waals surface area contributed by atoms with Crippen molar-refractivity contribution >= 4 is 5.91 Å². The van der Waals surface area contributed by atoms with Crippen molar-refractivity contribution in [2.24, 2.45) is 0 Å². The summed E-state index contributed by atoms with van der Waals surface area (Å²) in [6.45, 7) is 6.40. The van der Waals surface area contributed by atoms with Gasteiger partial charge in [0.1, 0.15) is 11.6 Å². The highest BCUT2D eigenvalue weighted by molar-refractivity contribution is 5.94. The Morgan fingerprint density at radius 3 is 2.57 bits per heavy atom. The molecule has 21 heavy (non-hydrogen) atoms. The van der Waals surface area contributed by atoms with Gasteiger partial charge in [0.05, 0.1) is 5.56 Å². The third kappa shape index (κ3) is 4.22. The first-order valence-electron chi connectivity index (χ1n) is 7.13. The highest BCUT2D eigenvalue weighted by Crippen LogP contribution is 2.10. The molecule has 1 heterocycles. The molecule has 1 aliphatic heterocycles. The zero-order chi connectivity index (χ0) is 15.4. The Hall–Kier alpha value is -1.53. The van der Waals surface area contributed by atoms with Gasteiger partial charge in [-0.2, -0.15) is 0 Å². The largest absolute Gasteiger partial charge is 0.350 e. The van der Waals surface area contributed by atoms with Gasteiger partial charge in [-0.3, -0.25) is 9.69 Å². The van der Waals surface area contributed by atoms with E-state index in [1.54, 1.807) is 0 Å². The van der Waals surface area contributed by atoms with E-state index in [0.29, 0.717) is 6.54 Å². The zero-order valence-corrected chi connectivity index (χ0v) is 12.4. The average Bonchev–Trinajstić information content (AvgIpc) is 2.45. The molecule has 0 aromatic heterocycles. The molecule has 4 nitrogen and oxygen atoms in total. The summed E-state index contributed by atoms with van der Waals surface area (Å²) >= 11 is 0. The Morgan fingerprint density at radius 1 is 1.29 bits per heavy atom. The van der Waals surface area contributed by atoms with Crippen LogP contribution in [0.3, 0.4) is 0 Å². The topological polar surface area (TPSA) is 35.6 Å². The molecule has 1 saturated heterocycles. The van der Waals surface area contributed by atoms with Crippen LogP contribution in [0.1, 0.15) is 17.3 Å². The second kappa shape index (κ2) is 6.95. The van der Waals surface area contributed by atoms with E-state index in [9.17, 15) is 13.6 Å². The van der Waals surface area contributed by atoms with Crippen molar-refractivity contribution < 1.29 is 13.6 Å². The number of hydrogen-bond donors (Lipinski definition) is 1. The molecule has 6 heteroatoms. The van der Waals surface area contributed by atoms with Crippen LogP contribution in [0.2, 0.25) is 0 Å². The fourth-order valence-corrected chi connectivity index (χ4v) is 2.40. The smallest absolute Gasteiger partial charge is 0.254 e. The van der Waals surface area contributed by atoms with Gasteiger partial charge in [0.25, 0.3) is 5.91 Å². The first-order valence-corrected chi connectivity index (χ1v) is 7.13. The minimum atomic E-state index is -0.834. The second-order valence-corrected chi connectivity index (χ2v) is 5.52. The van der Waals surface area contributed by atoms with Crippen LogP contribution in [0.25, 0.3) is 0 Å². The Labute approximate surface area is 123 Å². The van der Waals surface area contributed by atoms with Gasteiger partial charge < -0.3 is 10.2 Å². The number of hydrogen-bond acceptors (Lipinski definition) is 3. The lowest BCUT2D eigenvalue weighted by atomic mass is 10.2. The molecule has 2 rings (SSSR count). The predicted octanol–water partition coefficient (Wildman–Crippen LogP) is 1.33. The van der Waals surface area contributed by atoms with Gasteiger partial charge in [0.15, 0.2) is 0 Å². The molecule has 1 aromatic carbocycles. The number of halogens is 2. The van der Waals surface area contributed by atoms with Crippen molar-refractivity contribution in [1.29, 1.82) is 0 Å². The molecule has 1 N–H and O–H groups in total. The molecule has 0 radical (unpaired) electrons. The summed E-state index contributed by atoms with van der Waals surface area (Å²) in [7, 11) is 2.08. The fourth-order valence-electron chi connectivity index (χ4n) is 2.40. The lowest BCUT2D eigenvalue weighted by Crippen LogP contribution is -2.51. The lowest BCUT2D eigenvalue weighted by Gasteiger charge is -2.36. The molecular formula is C15H21F2N3O. The number of nitrogens with zero attached hydrogens (tertiary/aromatic N) is 2. The number of carbonyl (C=O) groups is 1. The summed E-state index contributed by atoms with van der Waals surface area (Å²) in [5.41, 5.74) is -0.123. The average molecular weight is 297 g/mol. The molecule has 1 aromatic rings. The van der Waals surface area contributed by atoms with E-state index >= 15 is 0 Å². The first-order chi connectivity index (χ1) is 9.97. The first kappa shape index (κ1) is 15.9. The minimum Gasteiger partial charge on any atom is -0.350 e. The number of amides is 1. The molecule has 1 amide bonds. The molecular weight excluding hydrogens is 276 g/mol. The van der Waals surface area contributed by atoms with Crippen molar-refractivity contribution in [3.05, 3.63) is 35.4 Å². The summed E-state index contributed by atoms with van der Waals surface area (Å²) in [5.74, 6) is -2.02. The van der Waals surface area contributed by atoms with Gasteiger partial charge in [-0.25, -0.2) is 8.78 Å². The van der Waals surface area contributed by atoms with Gasteiger partial charge >= 0.3 is 0 Å². The number of piperazine rings is 1. The van der Waals surface area contributed by atoms with Crippen LogP contribution in [0.4, 0.5) is 8.78 Å². The zero-order valence-electron chi connectivity index (χ0n) is 12.4. The number of likely N-dealkylation sites (N-methyl/N-ethyl adjacent to an activating group) is 1. The summed E-state index contributed by atoms with van der Waals surface area (Å²) < 4.78 is 26.3. The Kier molecular flexibility index (Phi) is 5.25. The van der Waals surface area contributed by atoms with Crippen LogP contribution in [0, 0.1) is 11.6 Å². The summed E-state index contributed by atoms with van der Waals surface area (Å²) in [6, 6.07) is 3.16. The van der Waals surface area contributed by atoms with E-state index in [2.05, 4.69) is 22.2 Å². The Bertz CT molecular complexity index is 502. The Balaban J connectivity index is 1.86. The summed E-state index contributed by atoms with van der Waals surface area (Å²) in [4.78, 5) is 16.5. The van der Waals surface area contributed by atoms with E-state index in [1.165, 1.54) is 6.07 Å². The highest BCUT2D eigenvalue weighted by atomic mass is 19.1. The van der Waals surface area contributed by atoms with Gasteiger partial charge in [-0.1, -0.05) is 0 Å². The molecule has 0 spiro atoms. The third-order valence-electron chi connectivity index (χ3n) is 3.90. The predicted molar refractivity (Wildman–Crippen MR) is 77.2 cm³/mol. The van der Waals surface area contributed by atoms with Crippen molar-refractivity contribution in [1.82, 2.24) is 15.1 Å². The molecule has 1 fully saturated rings. The standard InChI is InChI=1S/C15H21F2N3O/c1-11(20-7-5-19(2)6-8-20)10-18-15(21)13-4-3-12(16)9-14(13)17/h3-4,9,11H,5-8,10H2,1-2H3,(H,18,21). The van der Waals surface area contributed by atoms with Gasteiger partial charge in [-0.05, 0) is 26.1 Å². The third-order valence-corrected chi connectivity index (χ3v) is 3.90. The van der Waals surface area contributed by atoms with E-state index in [4.69, 9.17) is 0 Å². The van der Waals surface area contributed by atoms with Crippen molar-refractivity contribution in [2.45, 2.75) is 13.0 Å². The molecule has 116 valence electrons. The van der Waals surface area contributed by atoms with Gasteiger partial charge in [0.2, 0.25) is 0 Å². The fraction of sp³-hybridized carbons (Fsp3) is 0.533. The van der Waals surface area contributed by atoms with Crippen molar-refractivity contribution in [3.63, 3.8) is 0 Å². The molecule has 0 bridgehead atoms. The highest BCUT2D eigenvalue weighted by Gasteiger charge is 2.20. The maximum absolute atomic E-state index is 13.5. The van der Waals surface area contributed by atoms with Crippen molar-refractivity contribution in [2.75, 3.05) is 39.8 Å². The quantitative estimate of drug-likeness (QED) is 0.911. The van der Waals surface area contributed by atoms with E-state index in [1.807, 2.05) is 6.92 Å². The Morgan fingerprint density at radius 2 is 1.95 bits per heavy atom. The normalized spacial score (nSPS) is 18.5. The molecule has 1 atom stereocenters. The maximum Gasteiger partial charge on any atom is 0.254 e. The van der Waals surface area contributed by atoms with Crippen LogP contribution < -0.4 is 5.32 Å². The maximum atomic E-state index is 13.5. The number of carbonyl (C=O) groups excluding carboxylic acids is 1. The van der Waals surface area contributed by atoms with Crippen LogP contribution in [-0.4, -0.2) is 61.5 Å².